The molecule has 82 valence electrons. The maximum Gasteiger partial charge on any atom is 0.337 e. The van der Waals surface area contributed by atoms with E-state index in [2.05, 4.69) is 15.8 Å². The lowest BCUT2D eigenvalue weighted by molar-refractivity contribution is 0.0600. The molecule has 3 nitrogen and oxygen atoms in total. The molecule has 0 amide bonds. The number of benzene rings is 1. The number of aliphatic imine (C=N–C) groups is 1. The van der Waals surface area contributed by atoms with E-state index in [1.54, 1.807) is 6.07 Å². The number of ether oxygens (including phenoxy) is 1. The van der Waals surface area contributed by atoms with Crippen molar-refractivity contribution in [2.75, 3.05) is 13.7 Å². The quantitative estimate of drug-likeness (QED) is 0.710. The third kappa shape index (κ3) is 1.89. The molecule has 1 aromatic carbocycles. The number of nitrogens with zero attached hydrogens (tertiary/aromatic N) is 1. The van der Waals surface area contributed by atoms with Crippen LogP contribution in [0.25, 0.3) is 5.57 Å². The maximum absolute atomic E-state index is 11.3. The van der Waals surface area contributed by atoms with E-state index in [-0.39, 0.29) is 5.97 Å². The molecule has 0 N–H and O–H groups in total. The second kappa shape index (κ2) is 4.31. The summed E-state index contributed by atoms with van der Waals surface area (Å²) in [6, 6.07) is 5.56. The number of rotatable bonds is 2. The van der Waals surface area contributed by atoms with Gasteiger partial charge in [-0.25, -0.2) is 4.79 Å². The SMILES string of the molecule is COC(=O)c1ccc(C2=CCN=C2)c(C)c1. The van der Waals surface area contributed by atoms with Crippen LogP contribution in [0.5, 0.6) is 0 Å². The van der Waals surface area contributed by atoms with E-state index in [9.17, 15) is 4.79 Å². The van der Waals surface area contributed by atoms with Crippen molar-refractivity contribution in [2.45, 2.75) is 6.92 Å². The van der Waals surface area contributed by atoms with Crippen molar-refractivity contribution in [2.24, 2.45) is 4.99 Å². The van der Waals surface area contributed by atoms with Crippen LogP contribution in [0, 0.1) is 6.92 Å². The van der Waals surface area contributed by atoms with Gasteiger partial charge in [-0.05, 0) is 35.8 Å². The summed E-state index contributed by atoms with van der Waals surface area (Å²) in [6.07, 6.45) is 3.93. The normalized spacial score (nSPS) is 13.8. The minimum Gasteiger partial charge on any atom is -0.465 e. The van der Waals surface area contributed by atoms with Crippen molar-refractivity contribution < 1.29 is 9.53 Å². The van der Waals surface area contributed by atoms with Crippen LogP contribution in [0.1, 0.15) is 21.5 Å². The second-order valence-corrected chi connectivity index (χ2v) is 3.67. The van der Waals surface area contributed by atoms with Gasteiger partial charge in [0.15, 0.2) is 0 Å². The summed E-state index contributed by atoms with van der Waals surface area (Å²) < 4.78 is 4.68. The highest BCUT2D eigenvalue weighted by Crippen LogP contribution is 2.21. The zero-order valence-electron chi connectivity index (χ0n) is 9.36. The Hall–Kier alpha value is -1.90. The Morgan fingerprint density at radius 2 is 2.25 bits per heavy atom. The van der Waals surface area contributed by atoms with Crippen molar-refractivity contribution in [1.82, 2.24) is 0 Å². The molecule has 16 heavy (non-hydrogen) atoms. The Kier molecular flexibility index (Phi) is 2.86. The fourth-order valence-corrected chi connectivity index (χ4v) is 1.77. The molecule has 0 atom stereocenters. The van der Waals surface area contributed by atoms with Gasteiger partial charge in [0.2, 0.25) is 0 Å². The monoisotopic (exact) mass is 215 g/mol. The number of hydrogen-bond acceptors (Lipinski definition) is 3. The highest BCUT2D eigenvalue weighted by atomic mass is 16.5. The summed E-state index contributed by atoms with van der Waals surface area (Å²) >= 11 is 0. The molecule has 1 aliphatic rings. The third-order valence-corrected chi connectivity index (χ3v) is 2.61. The maximum atomic E-state index is 11.3. The Morgan fingerprint density at radius 1 is 1.44 bits per heavy atom. The van der Waals surface area contributed by atoms with Crippen molar-refractivity contribution >= 4 is 17.8 Å². The van der Waals surface area contributed by atoms with E-state index in [0.717, 1.165) is 23.2 Å². The summed E-state index contributed by atoms with van der Waals surface area (Å²) in [7, 11) is 1.39. The van der Waals surface area contributed by atoms with E-state index in [1.165, 1.54) is 7.11 Å². The first-order chi connectivity index (χ1) is 7.72. The van der Waals surface area contributed by atoms with E-state index in [1.807, 2.05) is 25.3 Å². The van der Waals surface area contributed by atoms with Crippen LogP contribution in [0.3, 0.4) is 0 Å². The van der Waals surface area contributed by atoms with Crippen molar-refractivity contribution in [3.63, 3.8) is 0 Å². The van der Waals surface area contributed by atoms with E-state index in [4.69, 9.17) is 0 Å². The molecular formula is C13H13NO2. The highest BCUT2D eigenvalue weighted by Gasteiger charge is 2.10. The summed E-state index contributed by atoms with van der Waals surface area (Å²) in [5.41, 5.74) is 3.88. The van der Waals surface area contributed by atoms with Gasteiger partial charge >= 0.3 is 5.97 Å². The molecule has 0 bridgehead atoms. The lowest BCUT2D eigenvalue weighted by atomic mass is 9.99. The molecule has 0 saturated heterocycles. The van der Waals surface area contributed by atoms with Crippen molar-refractivity contribution in [3.05, 3.63) is 41.0 Å². The predicted octanol–water partition coefficient (Wildman–Crippen LogP) is 2.25. The molecule has 2 rings (SSSR count). The molecular weight excluding hydrogens is 202 g/mol. The van der Waals surface area contributed by atoms with E-state index < -0.39 is 0 Å². The first-order valence-corrected chi connectivity index (χ1v) is 5.11. The Labute approximate surface area is 94.5 Å². The van der Waals surface area contributed by atoms with Crippen molar-refractivity contribution in [1.29, 1.82) is 0 Å². The molecule has 0 saturated carbocycles. The zero-order valence-corrected chi connectivity index (χ0v) is 9.36. The first-order valence-electron chi connectivity index (χ1n) is 5.11. The molecule has 1 aliphatic heterocycles. The van der Waals surface area contributed by atoms with Gasteiger partial charge in [0.05, 0.1) is 19.2 Å². The molecule has 0 aromatic heterocycles. The summed E-state index contributed by atoms with van der Waals surface area (Å²) in [6.45, 7) is 2.72. The lowest BCUT2D eigenvalue weighted by Crippen LogP contribution is -2.02. The number of esters is 1. The average molecular weight is 215 g/mol. The number of hydrogen-bond donors (Lipinski definition) is 0. The molecule has 1 aromatic rings. The standard InChI is InChI=1S/C13H13NO2/c1-9-7-10(13(15)16-2)3-4-12(9)11-5-6-14-8-11/h3-5,7-8H,6H2,1-2H3. The molecule has 1 heterocycles. The van der Waals surface area contributed by atoms with Crippen LogP contribution >= 0.6 is 0 Å². The van der Waals surface area contributed by atoms with Gasteiger partial charge in [0, 0.05) is 6.21 Å². The topological polar surface area (TPSA) is 38.7 Å². The van der Waals surface area contributed by atoms with Crippen molar-refractivity contribution in [3.8, 4) is 0 Å². The highest BCUT2D eigenvalue weighted by molar-refractivity contribution is 6.12. The van der Waals surface area contributed by atoms with Gasteiger partial charge in [-0.15, -0.1) is 0 Å². The van der Waals surface area contributed by atoms with Gasteiger partial charge in [0.1, 0.15) is 0 Å². The van der Waals surface area contributed by atoms with Gasteiger partial charge < -0.3 is 4.74 Å². The molecule has 3 heteroatoms. The number of methoxy groups -OCH3 is 1. The largest absolute Gasteiger partial charge is 0.465 e. The Morgan fingerprint density at radius 3 is 2.81 bits per heavy atom. The molecule has 0 spiro atoms. The van der Waals surface area contributed by atoms with Crippen LogP contribution in [0.15, 0.2) is 29.3 Å². The van der Waals surface area contributed by atoms with Crippen LogP contribution in [0.2, 0.25) is 0 Å². The molecule has 0 radical (unpaired) electrons. The van der Waals surface area contributed by atoms with Crippen LogP contribution in [-0.2, 0) is 4.74 Å². The minimum atomic E-state index is -0.302. The Balaban J connectivity index is 2.37. The second-order valence-electron chi connectivity index (χ2n) is 3.67. The number of carbonyl (C=O) groups excluding carboxylic acids is 1. The Bertz CT molecular complexity index is 487. The number of aryl methyl sites for hydroxylation is 1. The lowest BCUT2D eigenvalue weighted by Gasteiger charge is -2.06. The summed E-state index contributed by atoms with van der Waals surface area (Å²) in [4.78, 5) is 15.5. The van der Waals surface area contributed by atoms with Crippen LogP contribution < -0.4 is 0 Å². The van der Waals surface area contributed by atoms with E-state index in [0.29, 0.717) is 5.56 Å². The van der Waals surface area contributed by atoms with Crippen LogP contribution in [-0.4, -0.2) is 25.8 Å². The molecule has 0 unspecified atom stereocenters. The number of allylic oxidation sites excluding steroid dienone is 1. The summed E-state index contributed by atoms with van der Waals surface area (Å²) in [5.74, 6) is -0.302. The summed E-state index contributed by atoms with van der Waals surface area (Å²) in [5, 5.41) is 0. The van der Waals surface area contributed by atoms with E-state index >= 15 is 0 Å². The molecule has 0 fully saturated rings. The molecule has 0 aliphatic carbocycles. The zero-order chi connectivity index (χ0) is 11.5. The van der Waals surface area contributed by atoms with Gasteiger partial charge in [-0.2, -0.15) is 0 Å². The average Bonchev–Trinajstić information content (AvgIpc) is 2.81. The van der Waals surface area contributed by atoms with Gasteiger partial charge in [0.25, 0.3) is 0 Å². The predicted molar refractivity (Wildman–Crippen MR) is 63.9 cm³/mol. The fourth-order valence-electron chi connectivity index (χ4n) is 1.77. The van der Waals surface area contributed by atoms with Gasteiger partial charge in [-0.3, -0.25) is 4.99 Å². The number of carbonyl (C=O) groups is 1. The minimum absolute atomic E-state index is 0.302. The van der Waals surface area contributed by atoms with Crippen LogP contribution in [0.4, 0.5) is 0 Å². The third-order valence-electron chi connectivity index (χ3n) is 2.61. The smallest absolute Gasteiger partial charge is 0.337 e. The first kappa shape index (κ1) is 10.6. The van der Waals surface area contributed by atoms with Gasteiger partial charge in [-0.1, -0.05) is 12.1 Å². The fraction of sp³-hybridized carbons (Fsp3) is 0.231.